The van der Waals surface area contributed by atoms with E-state index in [-0.39, 0.29) is 11.9 Å². The zero-order valence-corrected chi connectivity index (χ0v) is 21.2. The molecule has 0 aromatic heterocycles. The predicted octanol–water partition coefficient (Wildman–Crippen LogP) is 2.71. The maximum absolute atomic E-state index is 13.7. The van der Waals surface area contributed by atoms with Crippen LogP contribution in [0.4, 0.5) is 0 Å². The third kappa shape index (κ3) is 2.75. The third-order valence-electron chi connectivity index (χ3n) is 10.4. The quantitative estimate of drug-likeness (QED) is 0.633. The number of amides is 1. The summed E-state index contributed by atoms with van der Waals surface area (Å²) in [6.07, 6.45) is 4.03. The Balaban J connectivity index is 1.23. The Bertz CT molecular complexity index is 1280. The molecule has 2 N–H and O–H groups in total. The summed E-state index contributed by atoms with van der Waals surface area (Å²) in [4.78, 5) is 16.4. The lowest BCUT2D eigenvalue weighted by molar-refractivity contribution is -0.345. The predicted molar refractivity (Wildman–Crippen MR) is 136 cm³/mol. The average molecular weight is 503 g/mol. The first-order valence-corrected chi connectivity index (χ1v) is 13.8. The number of aliphatic hydroxyl groups is 1. The molecule has 7 heteroatoms. The summed E-state index contributed by atoms with van der Waals surface area (Å²) in [5.74, 6) is 1.95. The van der Waals surface area contributed by atoms with Gasteiger partial charge in [-0.05, 0) is 68.2 Å². The van der Waals surface area contributed by atoms with Crippen LogP contribution in [0.1, 0.15) is 48.8 Å². The molecule has 0 unspecified atom stereocenters. The molecule has 194 valence electrons. The van der Waals surface area contributed by atoms with E-state index in [0.717, 1.165) is 49.6 Å². The molecule has 2 spiro atoms. The molecule has 37 heavy (non-hydrogen) atoms. The summed E-state index contributed by atoms with van der Waals surface area (Å²) in [6, 6.07) is 14.2. The van der Waals surface area contributed by atoms with Gasteiger partial charge in [-0.3, -0.25) is 9.69 Å². The van der Waals surface area contributed by atoms with Crippen LogP contribution in [0.2, 0.25) is 0 Å². The Morgan fingerprint density at radius 2 is 2.00 bits per heavy atom. The minimum atomic E-state index is -1.41. The molecule has 4 bridgehead atoms. The molecule has 7 nitrogen and oxygen atoms in total. The first kappa shape index (κ1) is 22.4. The van der Waals surface area contributed by atoms with Crippen molar-refractivity contribution in [3.8, 4) is 11.5 Å². The zero-order chi connectivity index (χ0) is 25.0. The number of carbonyl (C=O) groups excluding carboxylic acids is 1. The van der Waals surface area contributed by atoms with Gasteiger partial charge in [0.05, 0.1) is 18.1 Å². The first-order valence-electron chi connectivity index (χ1n) is 13.8. The normalized spacial score (nSPS) is 38.6. The van der Waals surface area contributed by atoms with Gasteiger partial charge >= 0.3 is 0 Å². The molecule has 3 aliphatic carbocycles. The number of carbonyl (C=O) groups is 1. The van der Waals surface area contributed by atoms with E-state index in [2.05, 4.69) is 16.3 Å². The van der Waals surface area contributed by atoms with Crippen molar-refractivity contribution in [3.63, 3.8) is 0 Å². The molecule has 3 saturated heterocycles. The van der Waals surface area contributed by atoms with Crippen molar-refractivity contribution >= 4 is 5.91 Å². The van der Waals surface area contributed by atoms with Gasteiger partial charge in [0.1, 0.15) is 11.7 Å². The number of piperidine rings is 1. The van der Waals surface area contributed by atoms with E-state index < -0.39 is 28.8 Å². The molecule has 7 aliphatic rings. The van der Waals surface area contributed by atoms with Crippen LogP contribution in [0.5, 0.6) is 11.5 Å². The number of rotatable bonds is 6. The second-order valence-corrected chi connectivity index (χ2v) is 12.1. The molecular formula is C30H34N2O5. The summed E-state index contributed by atoms with van der Waals surface area (Å²) in [5.41, 5.74) is 0.999. The van der Waals surface area contributed by atoms with Gasteiger partial charge in [-0.25, -0.2) is 0 Å². The van der Waals surface area contributed by atoms with Crippen molar-refractivity contribution in [2.45, 2.75) is 79.9 Å². The summed E-state index contributed by atoms with van der Waals surface area (Å²) < 4.78 is 19.5. The molecule has 2 saturated carbocycles. The van der Waals surface area contributed by atoms with Crippen molar-refractivity contribution in [1.29, 1.82) is 0 Å². The lowest BCUT2D eigenvalue weighted by atomic mass is 9.44. The molecule has 6 atom stereocenters. The third-order valence-corrected chi connectivity index (χ3v) is 10.4. The van der Waals surface area contributed by atoms with E-state index in [4.69, 9.17) is 14.2 Å². The minimum Gasteiger partial charge on any atom is -0.493 e. The van der Waals surface area contributed by atoms with Gasteiger partial charge in [0, 0.05) is 24.7 Å². The van der Waals surface area contributed by atoms with E-state index >= 15 is 0 Å². The van der Waals surface area contributed by atoms with Crippen molar-refractivity contribution in [1.82, 2.24) is 10.2 Å². The molecular weight excluding hydrogens is 468 g/mol. The van der Waals surface area contributed by atoms with Crippen molar-refractivity contribution in [2.75, 3.05) is 20.2 Å². The van der Waals surface area contributed by atoms with E-state index in [1.54, 1.807) is 7.11 Å². The number of methoxy groups -OCH3 is 1. The largest absolute Gasteiger partial charge is 0.493 e. The molecule has 2 aromatic carbocycles. The maximum Gasteiger partial charge on any atom is 0.252 e. The smallest absolute Gasteiger partial charge is 0.252 e. The molecule has 4 aliphatic heterocycles. The van der Waals surface area contributed by atoms with Crippen LogP contribution in [0.25, 0.3) is 0 Å². The first-order chi connectivity index (χ1) is 18.0. The van der Waals surface area contributed by atoms with Crippen LogP contribution in [0, 0.1) is 5.92 Å². The maximum atomic E-state index is 13.7. The SMILES string of the molecule is COc1ccc2c3c1O[C@H]1[C@@]4(O)CC[C@@]5(O[C@@H]4C(=O)NCc4ccccc4)[C@@H](C2)N(CC2CC2)CC[C@]315. The highest BCUT2D eigenvalue weighted by Gasteiger charge is 2.82. The number of nitrogens with one attached hydrogen (secondary N) is 1. The molecule has 9 rings (SSSR count). The monoisotopic (exact) mass is 502 g/mol. The number of hydrogen-bond donors (Lipinski definition) is 2. The molecule has 2 aromatic rings. The minimum absolute atomic E-state index is 0.161. The standard InChI is InChI=1S/C30H34N2O5/c1-35-21-10-9-20-15-22-30-12-11-29(34,25(37-30)26(33)31-16-18-5-3-2-4-6-18)27-28(30,23(20)24(21)36-27)13-14-32(22)17-19-7-8-19/h2-6,9-10,19,22,25,27,34H,7-8,11-17H2,1H3,(H,31,33)/t22-,25-,27-,28+,29-,30-/m1/s1. The number of ether oxygens (including phenoxy) is 3. The van der Waals surface area contributed by atoms with Crippen LogP contribution in [0.3, 0.4) is 0 Å². The number of hydrogen-bond acceptors (Lipinski definition) is 6. The van der Waals surface area contributed by atoms with E-state index in [9.17, 15) is 9.90 Å². The fraction of sp³-hybridized carbons (Fsp3) is 0.567. The van der Waals surface area contributed by atoms with Crippen molar-refractivity contribution in [3.05, 3.63) is 59.2 Å². The average Bonchev–Trinajstić information content (AvgIpc) is 3.66. The zero-order valence-electron chi connectivity index (χ0n) is 21.2. The van der Waals surface area contributed by atoms with Gasteiger partial charge in [0.2, 0.25) is 0 Å². The van der Waals surface area contributed by atoms with Crippen LogP contribution >= 0.6 is 0 Å². The van der Waals surface area contributed by atoms with E-state index in [0.29, 0.717) is 18.7 Å². The van der Waals surface area contributed by atoms with Crippen molar-refractivity contribution < 1.29 is 24.1 Å². The summed E-state index contributed by atoms with van der Waals surface area (Å²) in [6.45, 7) is 2.45. The van der Waals surface area contributed by atoms with Crippen LogP contribution in [0.15, 0.2) is 42.5 Å². The Labute approximate surface area is 217 Å². The Morgan fingerprint density at radius 1 is 1.16 bits per heavy atom. The molecule has 5 fully saturated rings. The van der Waals surface area contributed by atoms with Gasteiger partial charge < -0.3 is 24.6 Å². The lowest BCUT2D eigenvalue weighted by Gasteiger charge is -2.72. The Hall–Kier alpha value is -2.61. The van der Waals surface area contributed by atoms with Crippen LogP contribution in [-0.2, 0) is 27.9 Å². The Kier molecular flexibility index (Phi) is 4.53. The fourth-order valence-corrected chi connectivity index (χ4v) is 8.63. The van der Waals surface area contributed by atoms with Gasteiger partial charge in [-0.2, -0.15) is 0 Å². The van der Waals surface area contributed by atoms with Gasteiger partial charge in [0.25, 0.3) is 5.91 Å². The van der Waals surface area contributed by atoms with E-state index in [1.807, 2.05) is 36.4 Å². The number of likely N-dealkylation sites (tertiary alicyclic amines) is 1. The topological polar surface area (TPSA) is 80.3 Å². The molecule has 1 amide bonds. The molecule has 0 radical (unpaired) electrons. The van der Waals surface area contributed by atoms with Gasteiger partial charge in [-0.1, -0.05) is 36.4 Å². The number of benzene rings is 2. The fourth-order valence-electron chi connectivity index (χ4n) is 8.63. The van der Waals surface area contributed by atoms with Gasteiger partial charge in [0.15, 0.2) is 17.6 Å². The van der Waals surface area contributed by atoms with Crippen LogP contribution in [-0.4, -0.2) is 65.6 Å². The highest BCUT2D eigenvalue weighted by atomic mass is 16.6. The summed E-state index contributed by atoms with van der Waals surface area (Å²) in [5, 5.41) is 15.4. The lowest BCUT2D eigenvalue weighted by Crippen LogP contribution is -2.87. The van der Waals surface area contributed by atoms with Crippen molar-refractivity contribution in [2.24, 2.45) is 5.92 Å². The number of nitrogens with zero attached hydrogens (tertiary/aromatic N) is 1. The number of fused-ring (bicyclic) bond motifs is 2. The second-order valence-electron chi connectivity index (χ2n) is 12.1. The highest BCUT2D eigenvalue weighted by molar-refractivity contribution is 5.83. The summed E-state index contributed by atoms with van der Waals surface area (Å²) in [7, 11) is 1.67. The Morgan fingerprint density at radius 3 is 2.78 bits per heavy atom. The van der Waals surface area contributed by atoms with E-state index in [1.165, 1.54) is 24.0 Å². The summed E-state index contributed by atoms with van der Waals surface area (Å²) >= 11 is 0. The molecule has 4 heterocycles. The van der Waals surface area contributed by atoms with Gasteiger partial charge in [-0.15, -0.1) is 0 Å². The second kappa shape index (κ2) is 7.49. The van der Waals surface area contributed by atoms with Crippen LogP contribution < -0.4 is 14.8 Å². The highest BCUT2D eigenvalue weighted by Crippen LogP contribution is 2.71.